The van der Waals surface area contributed by atoms with Crippen molar-refractivity contribution in [3.8, 4) is 0 Å². The minimum Gasteiger partial charge on any atom is -0.393 e. The first-order valence-corrected chi connectivity index (χ1v) is 15.0. The molecule has 2 N–H and O–H groups in total. The Labute approximate surface area is 224 Å². The maximum absolute atomic E-state index is 14.4. The Kier molecular flexibility index (Phi) is 6.21. The number of aliphatic hydroxyl groups is 1. The van der Waals surface area contributed by atoms with Crippen LogP contribution in [0.1, 0.15) is 113 Å². The maximum Gasteiger partial charge on any atom is 0.249 e. The van der Waals surface area contributed by atoms with Crippen molar-refractivity contribution in [2.45, 2.75) is 119 Å². The molecular weight excluding hydrogens is 462 g/mol. The molecule has 5 rings (SSSR count). The Morgan fingerprint density at radius 3 is 2.35 bits per heavy atom. The van der Waals surface area contributed by atoms with Crippen molar-refractivity contribution in [3.05, 3.63) is 11.6 Å². The molecule has 1 amide bonds. The van der Waals surface area contributed by atoms with E-state index >= 15 is 0 Å². The molecule has 5 heteroatoms. The first kappa shape index (κ1) is 27.4. The van der Waals surface area contributed by atoms with Crippen LogP contribution >= 0.6 is 0 Å². The van der Waals surface area contributed by atoms with E-state index in [4.69, 9.17) is 4.84 Å². The van der Waals surface area contributed by atoms with Crippen LogP contribution in [-0.2, 0) is 14.4 Å². The van der Waals surface area contributed by atoms with Gasteiger partial charge in [-0.3, -0.25) is 14.4 Å². The summed E-state index contributed by atoms with van der Waals surface area (Å²) in [5, 5.41) is 10.9. The molecule has 0 heterocycles. The number of fused-ring (bicyclic) bond motifs is 7. The topological polar surface area (TPSA) is 75.6 Å². The summed E-state index contributed by atoms with van der Waals surface area (Å²) in [4.78, 5) is 32.9. The van der Waals surface area contributed by atoms with Crippen LogP contribution in [-0.4, -0.2) is 29.5 Å². The highest BCUT2D eigenvalue weighted by atomic mass is 16.6. The van der Waals surface area contributed by atoms with Gasteiger partial charge in [0, 0.05) is 11.3 Å². The van der Waals surface area contributed by atoms with Crippen LogP contribution in [0.15, 0.2) is 11.6 Å². The lowest BCUT2D eigenvalue weighted by Gasteiger charge is -2.70. The molecule has 0 bridgehead atoms. The van der Waals surface area contributed by atoms with E-state index in [-0.39, 0.29) is 50.9 Å². The van der Waals surface area contributed by atoms with Gasteiger partial charge in [0.1, 0.15) is 0 Å². The molecule has 0 aromatic heterocycles. The SMILES string of the molecule is CCONC(=O)[C@@]1(C)CC[C@]2(C)CC[C@]3(C)C(=CC(=O)[C@@H]4[C@@]5(C)CC[C@H](O)C(C)(C)C5CC[C@]43C)[C@@H]2C1. The quantitative estimate of drug-likeness (QED) is 0.429. The van der Waals surface area contributed by atoms with E-state index in [0.29, 0.717) is 18.3 Å². The van der Waals surface area contributed by atoms with Gasteiger partial charge in [-0.25, -0.2) is 5.48 Å². The van der Waals surface area contributed by atoms with Crippen LogP contribution < -0.4 is 5.48 Å². The molecule has 208 valence electrons. The first-order valence-electron chi connectivity index (χ1n) is 15.0. The third kappa shape index (κ3) is 3.54. The number of nitrogens with one attached hydrogen (secondary N) is 1. The summed E-state index contributed by atoms with van der Waals surface area (Å²) in [6, 6.07) is 0. The van der Waals surface area contributed by atoms with Crippen molar-refractivity contribution in [2.24, 2.45) is 50.2 Å². The lowest BCUT2D eigenvalue weighted by atomic mass is 9.33. The third-order valence-corrected chi connectivity index (χ3v) is 13.4. The number of amides is 1. The second kappa shape index (κ2) is 8.40. The molecule has 0 aromatic rings. The highest BCUT2D eigenvalue weighted by Crippen LogP contribution is 2.75. The van der Waals surface area contributed by atoms with Crippen LogP contribution in [0.25, 0.3) is 0 Å². The van der Waals surface area contributed by atoms with Gasteiger partial charge in [0.2, 0.25) is 5.91 Å². The Morgan fingerprint density at radius 2 is 1.68 bits per heavy atom. The molecule has 1 unspecified atom stereocenters. The van der Waals surface area contributed by atoms with Crippen LogP contribution in [0.2, 0.25) is 0 Å². The largest absolute Gasteiger partial charge is 0.393 e. The molecular formula is C32H51NO4. The van der Waals surface area contributed by atoms with Gasteiger partial charge >= 0.3 is 0 Å². The molecule has 0 spiro atoms. The zero-order chi connectivity index (χ0) is 27.2. The number of carbonyl (C=O) groups excluding carboxylic acids is 2. The van der Waals surface area contributed by atoms with Gasteiger partial charge in [0.15, 0.2) is 5.78 Å². The fourth-order valence-corrected chi connectivity index (χ4v) is 10.6. The van der Waals surface area contributed by atoms with E-state index in [1.165, 1.54) is 5.57 Å². The standard InChI is InChI=1S/C32H51NO4/c1-9-37-33-26(36)29(5)15-14-28(4)16-17-31(7)20(21(28)19-29)18-22(34)25-30(6)12-11-24(35)27(2,3)23(30)10-13-32(25,31)8/h18,21,23-25,35H,9-17,19H2,1-8H3,(H,33,36)/t21-,23?,24-,25+,28+,29-,30-,31+,32+/m0/s1. The van der Waals surface area contributed by atoms with Crippen LogP contribution in [0.3, 0.4) is 0 Å². The summed E-state index contributed by atoms with van der Waals surface area (Å²) in [7, 11) is 0. The molecule has 37 heavy (non-hydrogen) atoms. The van der Waals surface area contributed by atoms with Crippen molar-refractivity contribution in [2.75, 3.05) is 6.61 Å². The average Bonchev–Trinajstić information content (AvgIpc) is 2.82. The van der Waals surface area contributed by atoms with E-state index in [0.717, 1.165) is 57.8 Å². The number of hydroxylamine groups is 1. The summed E-state index contributed by atoms with van der Waals surface area (Å²) in [5.74, 6) is 0.851. The molecule has 5 aliphatic carbocycles. The molecule has 4 saturated carbocycles. The Hall–Kier alpha value is -1.20. The highest BCUT2D eigenvalue weighted by Gasteiger charge is 2.70. The third-order valence-electron chi connectivity index (χ3n) is 13.4. The van der Waals surface area contributed by atoms with E-state index in [9.17, 15) is 14.7 Å². The summed E-state index contributed by atoms with van der Waals surface area (Å²) in [6.45, 7) is 18.5. The molecule has 0 saturated heterocycles. The summed E-state index contributed by atoms with van der Waals surface area (Å²) in [5.41, 5.74) is 3.21. The normalized spacial score (nSPS) is 50.6. The summed E-state index contributed by atoms with van der Waals surface area (Å²) in [6.07, 6.45) is 10.5. The molecule has 4 fully saturated rings. The van der Waals surface area contributed by atoms with E-state index < -0.39 is 5.41 Å². The number of hydrogen-bond donors (Lipinski definition) is 2. The lowest BCUT2D eigenvalue weighted by Crippen LogP contribution is -2.66. The number of rotatable bonds is 3. The molecule has 5 aliphatic rings. The molecule has 0 radical (unpaired) electrons. The monoisotopic (exact) mass is 513 g/mol. The molecule has 9 atom stereocenters. The average molecular weight is 514 g/mol. The van der Waals surface area contributed by atoms with E-state index in [1.54, 1.807) is 0 Å². The first-order chi connectivity index (χ1) is 17.1. The fourth-order valence-electron chi connectivity index (χ4n) is 10.6. The van der Waals surface area contributed by atoms with Gasteiger partial charge in [-0.1, -0.05) is 54.0 Å². The number of allylic oxidation sites excluding steroid dienone is 2. The summed E-state index contributed by atoms with van der Waals surface area (Å²) < 4.78 is 0. The minimum atomic E-state index is -0.494. The Bertz CT molecular complexity index is 1020. The van der Waals surface area contributed by atoms with E-state index in [2.05, 4.69) is 60.0 Å². The zero-order valence-electron chi connectivity index (χ0n) is 24.6. The molecule has 0 aromatic carbocycles. The number of aliphatic hydroxyl groups excluding tert-OH is 1. The predicted octanol–water partition coefficient (Wildman–Crippen LogP) is 6.40. The Balaban J connectivity index is 1.56. The minimum absolute atomic E-state index is 0.0140. The number of hydrogen-bond acceptors (Lipinski definition) is 4. The second-order valence-electron chi connectivity index (χ2n) is 15.5. The second-order valence-corrected chi connectivity index (χ2v) is 15.5. The molecule has 5 nitrogen and oxygen atoms in total. The van der Waals surface area contributed by atoms with Gasteiger partial charge in [0.25, 0.3) is 0 Å². The number of ketones is 1. The van der Waals surface area contributed by atoms with Gasteiger partial charge in [-0.2, -0.15) is 0 Å². The lowest BCUT2D eigenvalue weighted by molar-refractivity contribution is -0.202. The molecule has 0 aliphatic heterocycles. The van der Waals surface area contributed by atoms with Crippen LogP contribution in [0.4, 0.5) is 0 Å². The smallest absolute Gasteiger partial charge is 0.249 e. The van der Waals surface area contributed by atoms with Crippen molar-refractivity contribution in [1.82, 2.24) is 5.48 Å². The Morgan fingerprint density at radius 1 is 1.00 bits per heavy atom. The van der Waals surface area contributed by atoms with Crippen LogP contribution in [0, 0.1) is 50.2 Å². The van der Waals surface area contributed by atoms with Crippen molar-refractivity contribution in [1.29, 1.82) is 0 Å². The highest BCUT2D eigenvalue weighted by molar-refractivity contribution is 5.95. The number of carbonyl (C=O) groups is 2. The summed E-state index contributed by atoms with van der Waals surface area (Å²) >= 11 is 0. The zero-order valence-corrected chi connectivity index (χ0v) is 24.6. The van der Waals surface area contributed by atoms with Crippen molar-refractivity contribution in [3.63, 3.8) is 0 Å². The predicted molar refractivity (Wildman–Crippen MR) is 145 cm³/mol. The van der Waals surface area contributed by atoms with Gasteiger partial charge in [-0.05, 0) is 110 Å². The fraction of sp³-hybridized carbons (Fsp3) is 0.875. The van der Waals surface area contributed by atoms with Crippen LogP contribution in [0.5, 0.6) is 0 Å². The van der Waals surface area contributed by atoms with Gasteiger partial charge in [-0.15, -0.1) is 0 Å². The van der Waals surface area contributed by atoms with Crippen molar-refractivity contribution < 1.29 is 19.5 Å². The van der Waals surface area contributed by atoms with E-state index in [1.807, 2.05) is 6.92 Å². The maximum atomic E-state index is 14.4. The van der Waals surface area contributed by atoms with Crippen molar-refractivity contribution >= 4 is 11.7 Å². The van der Waals surface area contributed by atoms with Gasteiger partial charge in [0.05, 0.1) is 12.7 Å². The van der Waals surface area contributed by atoms with Gasteiger partial charge < -0.3 is 5.11 Å².